The molecule has 1 unspecified atom stereocenters. The van der Waals surface area contributed by atoms with Crippen molar-refractivity contribution < 1.29 is 18.3 Å². The van der Waals surface area contributed by atoms with Crippen molar-refractivity contribution in [1.29, 1.82) is 0 Å². The number of amides is 2. The number of primary amides is 1. The number of anilines is 2. The molecular formula is C29H31F2N5O2. The minimum Gasteiger partial charge on any atom is -0.477 e. The molecule has 5 rings (SSSR count). The number of para-hydroxylation sites is 2. The second-order valence-corrected chi connectivity index (χ2v) is 8.86. The van der Waals surface area contributed by atoms with E-state index in [1.165, 1.54) is 23.8 Å². The van der Waals surface area contributed by atoms with Crippen LogP contribution in [0.4, 0.5) is 25.1 Å². The van der Waals surface area contributed by atoms with Gasteiger partial charge in [0.2, 0.25) is 5.88 Å². The van der Waals surface area contributed by atoms with E-state index >= 15 is 0 Å². The zero-order valence-corrected chi connectivity index (χ0v) is 21.4. The fourth-order valence-corrected chi connectivity index (χ4v) is 4.52. The Balaban J connectivity index is 0.000000177. The molecule has 0 aliphatic carbocycles. The number of benzene rings is 3. The molecule has 3 N–H and O–H groups in total. The highest BCUT2D eigenvalue weighted by Crippen LogP contribution is 2.33. The van der Waals surface area contributed by atoms with Gasteiger partial charge in [0.15, 0.2) is 0 Å². The van der Waals surface area contributed by atoms with Gasteiger partial charge in [-0.15, -0.1) is 5.10 Å². The van der Waals surface area contributed by atoms with E-state index in [4.69, 9.17) is 10.5 Å². The second kappa shape index (κ2) is 12.2. The van der Waals surface area contributed by atoms with Gasteiger partial charge in [-0.25, -0.2) is 18.3 Å². The molecule has 38 heavy (non-hydrogen) atoms. The molecule has 7 nitrogen and oxygen atoms in total. The number of urea groups is 1. The zero-order chi connectivity index (χ0) is 27.1. The summed E-state index contributed by atoms with van der Waals surface area (Å²) >= 11 is 0. The van der Waals surface area contributed by atoms with E-state index < -0.39 is 17.7 Å². The molecule has 1 aliphatic rings. The number of hydrogen-bond donors (Lipinski definition) is 2. The summed E-state index contributed by atoms with van der Waals surface area (Å²) in [5.74, 6) is 0.389. The molecule has 4 aromatic rings. The van der Waals surface area contributed by atoms with Crippen LogP contribution < -0.4 is 20.7 Å². The van der Waals surface area contributed by atoms with Crippen LogP contribution in [0.2, 0.25) is 0 Å². The van der Waals surface area contributed by atoms with Crippen LogP contribution in [0.5, 0.6) is 5.88 Å². The molecule has 0 bridgehead atoms. The zero-order valence-electron chi connectivity index (χ0n) is 21.4. The fourth-order valence-electron chi connectivity index (χ4n) is 4.52. The minimum absolute atomic E-state index is 0.112. The van der Waals surface area contributed by atoms with E-state index in [1.54, 1.807) is 4.68 Å². The standard InChI is InChI=1S/C16H15F2N.C13H16N4O2/c17-14-7-4-8-15(18)16(14)19-10-9-13(11-19)12-5-2-1-3-6-12;1-3-19-12-9(2)11(15-13(14)18)17(16-12)10-7-5-4-6-8-10/h1-8,13H,9-11H2;4-8H,3H2,1-2H3,(H3,14,15,18). The first-order chi connectivity index (χ1) is 18.4. The van der Waals surface area contributed by atoms with Crippen LogP contribution in [0.15, 0.2) is 78.9 Å². The molecule has 0 spiro atoms. The SMILES string of the molecule is CCOc1nn(-c2ccccc2)c(NC(N)=O)c1C.Fc1cccc(F)c1N1CCC(c2ccccc2)C1. The van der Waals surface area contributed by atoms with Crippen molar-refractivity contribution in [2.45, 2.75) is 26.2 Å². The number of halogens is 2. The molecule has 9 heteroatoms. The Morgan fingerprint density at radius 2 is 1.66 bits per heavy atom. The highest BCUT2D eigenvalue weighted by molar-refractivity contribution is 5.88. The quantitative estimate of drug-likeness (QED) is 0.326. The Hall–Kier alpha value is -4.40. The molecule has 1 aromatic heterocycles. The Kier molecular flexibility index (Phi) is 8.58. The van der Waals surface area contributed by atoms with Gasteiger partial charge in [-0.05, 0) is 50.1 Å². The lowest BCUT2D eigenvalue weighted by molar-refractivity contribution is 0.259. The maximum Gasteiger partial charge on any atom is 0.317 e. The molecule has 0 radical (unpaired) electrons. The van der Waals surface area contributed by atoms with E-state index in [-0.39, 0.29) is 5.69 Å². The van der Waals surface area contributed by atoms with Crippen molar-refractivity contribution in [1.82, 2.24) is 9.78 Å². The lowest BCUT2D eigenvalue weighted by Gasteiger charge is -2.20. The van der Waals surface area contributed by atoms with Crippen molar-refractivity contribution in [3.63, 3.8) is 0 Å². The number of carbonyl (C=O) groups excluding carboxylic acids is 1. The number of ether oxygens (including phenoxy) is 1. The summed E-state index contributed by atoms with van der Waals surface area (Å²) in [4.78, 5) is 12.9. The number of nitrogens with one attached hydrogen (secondary N) is 1. The van der Waals surface area contributed by atoms with Crippen LogP contribution in [0.3, 0.4) is 0 Å². The van der Waals surface area contributed by atoms with Crippen molar-refractivity contribution in [2.24, 2.45) is 5.73 Å². The molecule has 1 saturated heterocycles. The smallest absolute Gasteiger partial charge is 0.317 e. The summed E-state index contributed by atoms with van der Waals surface area (Å²) in [5, 5.41) is 6.93. The van der Waals surface area contributed by atoms with Gasteiger partial charge >= 0.3 is 6.03 Å². The highest BCUT2D eigenvalue weighted by Gasteiger charge is 2.27. The number of rotatable bonds is 6. The number of hydrogen-bond acceptors (Lipinski definition) is 4. The fraction of sp³-hybridized carbons (Fsp3) is 0.241. The van der Waals surface area contributed by atoms with E-state index in [0.717, 1.165) is 17.7 Å². The Bertz CT molecular complexity index is 1340. The van der Waals surface area contributed by atoms with Crippen LogP contribution in [-0.4, -0.2) is 35.5 Å². The van der Waals surface area contributed by atoms with Gasteiger partial charge in [0.25, 0.3) is 0 Å². The molecular weight excluding hydrogens is 488 g/mol. The summed E-state index contributed by atoms with van der Waals surface area (Å²) in [6.45, 7) is 5.56. The average molecular weight is 520 g/mol. The maximum atomic E-state index is 13.8. The van der Waals surface area contributed by atoms with Crippen molar-refractivity contribution in [3.8, 4) is 11.6 Å². The van der Waals surface area contributed by atoms with Crippen molar-refractivity contribution in [3.05, 3.63) is 102 Å². The third-order valence-corrected chi connectivity index (χ3v) is 6.32. The van der Waals surface area contributed by atoms with E-state index in [9.17, 15) is 13.6 Å². The number of carbonyl (C=O) groups is 1. The summed E-state index contributed by atoms with van der Waals surface area (Å²) in [6, 6.07) is 23.0. The van der Waals surface area contributed by atoms with Crippen molar-refractivity contribution in [2.75, 3.05) is 29.9 Å². The van der Waals surface area contributed by atoms with Gasteiger partial charge in [0, 0.05) is 19.0 Å². The Morgan fingerprint density at radius 1 is 1.03 bits per heavy atom. The number of nitrogens with zero attached hydrogens (tertiary/aromatic N) is 3. The Labute approximate surface area is 220 Å². The molecule has 1 aliphatic heterocycles. The lowest BCUT2D eigenvalue weighted by atomic mass is 9.99. The first-order valence-electron chi connectivity index (χ1n) is 12.5. The molecule has 1 fully saturated rings. The van der Waals surface area contributed by atoms with Crippen LogP contribution in [-0.2, 0) is 0 Å². The first kappa shape index (κ1) is 26.7. The summed E-state index contributed by atoms with van der Waals surface area (Å²) in [5.41, 5.74) is 8.10. The van der Waals surface area contributed by atoms with Gasteiger partial charge in [-0.3, -0.25) is 5.32 Å². The second-order valence-electron chi connectivity index (χ2n) is 8.86. The van der Waals surface area contributed by atoms with Crippen LogP contribution in [0, 0.1) is 18.6 Å². The average Bonchev–Trinajstić information content (AvgIpc) is 3.51. The van der Waals surface area contributed by atoms with Crippen LogP contribution >= 0.6 is 0 Å². The topological polar surface area (TPSA) is 85.4 Å². The van der Waals surface area contributed by atoms with Gasteiger partial charge in [0.05, 0.1) is 17.9 Å². The van der Waals surface area contributed by atoms with E-state index in [2.05, 4.69) is 22.5 Å². The molecule has 198 valence electrons. The van der Waals surface area contributed by atoms with Crippen LogP contribution in [0.25, 0.3) is 5.69 Å². The van der Waals surface area contributed by atoms with Gasteiger partial charge < -0.3 is 15.4 Å². The van der Waals surface area contributed by atoms with Crippen molar-refractivity contribution >= 4 is 17.5 Å². The largest absolute Gasteiger partial charge is 0.477 e. The Morgan fingerprint density at radius 3 is 2.26 bits per heavy atom. The van der Waals surface area contributed by atoms with E-state index in [1.807, 2.05) is 67.3 Å². The maximum absolute atomic E-state index is 13.8. The predicted octanol–water partition coefficient (Wildman–Crippen LogP) is 6.03. The molecule has 1 atom stereocenters. The van der Waals surface area contributed by atoms with Gasteiger partial charge in [-0.2, -0.15) is 0 Å². The van der Waals surface area contributed by atoms with Gasteiger partial charge in [0.1, 0.15) is 23.1 Å². The lowest BCUT2D eigenvalue weighted by Crippen LogP contribution is -2.21. The van der Waals surface area contributed by atoms with Gasteiger partial charge in [-0.1, -0.05) is 54.6 Å². The normalized spacial score (nSPS) is 14.5. The summed E-state index contributed by atoms with van der Waals surface area (Å²) < 4.78 is 34.5. The predicted molar refractivity (Wildman–Crippen MR) is 145 cm³/mol. The molecule has 3 aromatic carbocycles. The minimum atomic E-state index is -0.636. The van der Waals surface area contributed by atoms with Crippen LogP contribution in [0.1, 0.15) is 30.4 Å². The number of aromatic nitrogens is 2. The summed E-state index contributed by atoms with van der Waals surface area (Å²) in [7, 11) is 0. The molecule has 2 amide bonds. The third-order valence-electron chi connectivity index (χ3n) is 6.32. The first-order valence-corrected chi connectivity index (χ1v) is 12.5. The molecule has 0 saturated carbocycles. The molecule has 2 heterocycles. The van der Waals surface area contributed by atoms with E-state index in [0.29, 0.717) is 37.3 Å². The number of nitrogens with two attached hydrogens (primary N) is 1. The monoisotopic (exact) mass is 519 g/mol. The summed E-state index contributed by atoms with van der Waals surface area (Å²) in [6.07, 6.45) is 0.928. The highest BCUT2D eigenvalue weighted by atomic mass is 19.1. The third kappa shape index (κ3) is 6.11.